The van der Waals surface area contributed by atoms with E-state index in [1.54, 1.807) is 10.6 Å². The molecule has 2 aromatic heterocycles. The van der Waals surface area contributed by atoms with Gasteiger partial charge < -0.3 is 5.32 Å². The van der Waals surface area contributed by atoms with Crippen LogP contribution in [0.4, 0.5) is 15.9 Å². The number of halogens is 1. The monoisotopic (exact) mass is 294 g/mol. The Balaban J connectivity index is 1.91. The van der Waals surface area contributed by atoms with Crippen molar-refractivity contribution in [3.05, 3.63) is 53.8 Å². The maximum absolute atomic E-state index is 13.2. The maximum atomic E-state index is 13.2. The topological polar surface area (TPSA) is 68.0 Å². The quantitative estimate of drug-likeness (QED) is 0.615. The Morgan fingerprint density at radius 1 is 1.14 bits per heavy atom. The summed E-state index contributed by atoms with van der Waals surface area (Å²) in [6, 6.07) is 12.1. The van der Waals surface area contributed by atoms with E-state index in [-0.39, 0.29) is 5.82 Å². The van der Waals surface area contributed by atoms with Gasteiger partial charge in [-0.3, -0.25) is 0 Å². The fraction of sp³-hybridized carbons (Fsp3) is 0.0667. The van der Waals surface area contributed by atoms with Crippen molar-refractivity contribution in [3.8, 4) is 0 Å². The number of nitrogens with one attached hydrogen (secondary N) is 1. The van der Waals surface area contributed by atoms with Crippen LogP contribution in [0.15, 0.2) is 42.5 Å². The Morgan fingerprint density at radius 3 is 2.86 bits per heavy atom. The van der Waals surface area contributed by atoms with E-state index in [1.165, 1.54) is 12.1 Å². The van der Waals surface area contributed by atoms with Gasteiger partial charge in [-0.05, 0) is 53.2 Å². The molecule has 7 heteroatoms. The van der Waals surface area contributed by atoms with Crippen LogP contribution in [0.25, 0.3) is 16.7 Å². The van der Waals surface area contributed by atoms with Crippen molar-refractivity contribution < 1.29 is 4.39 Å². The molecule has 0 amide bonds. The van der Waals surface area contributed by atoms with E-state index in [1.807, 2.05) is 31.2 Å². The second kappa shape index (κ2) is 4.73. The number of tetrazole rings is 1. The van der Waals surface area contributed by atoms with Crippen LogP contribution >= 0.6 is 0 Å². The van der Waals surface area contributed by atoms with E-state index >= 15 is 0 Å². The first-order chi connectivity index (χ1) is 10.7. The minimum atomic E-state index is -0.274. The molecule has 0 bridgehead atoms. The van der Waals surface area contributed by atoms with Crippen LogP contribution in [0, 0.1) is 12.7 Å². The number of nitrogens with zero attached hydrogens (tertiary/aromatic N) is 5. The smallest absolute Gasteiger partial charge is 0.222 e. The molecule has 0 unspecified atom stereocenters. The average Bonchev–Trinajstić information content (AvgIpc) is 3.00. The van der Waals surface area contributed by atoms with Gasteiger partial charge in [0, 0.05) is 5.69 Å². The standard InChI is InChI=1S/C15H11FN6/c1-9-8-10(16)6-7-11(9)17-14-15-19-20-21-22(15)13-5-3-2-4-12(13)18-14/h2-8H,1H3,(H,17,18). The molecular weight excluding hydrogens is 283 g/mol. The highest BCUT2D eigenvalue weighted by Crippen LogP contribution is 2.24. The first kappa shape index (κ1) is 12.6. The fourth-order valence-electron chi connectivity index (χ4n) is 2.38. The third-order valence-corrected chi connectivity index (χ3v) is 3.47. The number of anilines is 2. The Labute approximate surface area is 124 Å². The highest BCUT2D eigenvalue weighted by atomic mass is 19.1. The Bertz CT molecular complexity index is 994. The largest absolute Gasteiger partial charge is 0.337 e. The zero-order chi connectivity index (χ0) is 15.1. The number of hydrogen-bond acceptors (Lipinski definition) is 5. The Kier molecular flexibility index (Phi) is 2.72. The average molecular weight is 294 g/mol. The van der Waals surface area contributed by atoms with E-state index in [9.17, 15) is 4.39 Å². The zero-order valence-corrected chi connectivity index (χ0v) is 11.7. The van der Waals surface area contributed by atoms with Crippen LogP contribution in [0.2, 0.25) is 0 Å². The van der Waals surface area contributed by atoms with Crippen molar-refractivity contribution in [2.75, 3.05) is 5.32 Å². The summed E-state index contributed by atoms with van der Waals surface area (Å²) >= 11 is 0. The molecule has 4 rings (SSSR count). The first-order valence-electron chi connectivity index (χ1n) is 6.72. The zero-order valence-electron chi connectivity index (χ0n) is 11.7. The highest BCUT2D eigenvalue weighted by molar-refractivity contribution is 5.83. The highest BCUT2D eigenvalue weighted by Gasteiger charge is 2.12. The first-order valence-corrected chi connectivity index (χ1v) is 6.72. The van der Waals surface area contributed by atoms with E-state index in [0.29, 0.717) is 11.5 Å². The molecule has 2 aromatic carbocycles. The summed E-state index contributed by atoms with van der Waals surface area (Å²) in [4.78, 5) is 4.57. The summed E-state index contributed by atoms with van der Waals surface area (Å²) in [5.74, 6) is 0.252. The van der Waals surface area contributed by atoms with Gasteiger partial charge in [0.1, 0.15) is 5.82 Å². The number of benzene rings is 2. The molecule has 0 aliphatic carbocycles. The van der Waals surface area contributed by atoms with E-state index in [2.05, 4.69) is 25.8 Å². The summed E-state index contributed by atoms with van der Waals surface area (Å²) in [6.45, 7) is 1.83. The van der Waals surface area contributed by atoms with Gasteiger partial charge in [-0.25, -0.2) is 9.37 Å². The molecule has 6 nitrogen and oxygen atoms in total. The summed E-state index contributed by atoms with van der Waals surface area (Å²) in [7, 11) is 0. The molecule has 0 aliphatic heterocycles. The SMILES string of the molecule is Cc1cc(F)ccc1Nc1nc2ccccc2n2nnnc12. The molecule has 0 radical (unpaired) electrons. The molecule has 2 heterocycles. The lowest BCUT2D eigenvalue weighted by molar-refractivity contribution is 0.627. The lowest BCUT2D eigenvalue weighted by atomic mass is 10.2. The van der Waals surface area contributed by atoms with Crippen molar-refractivity contribution in [2.45, 2.75) is 6.92 Å². The Hall–Kier alpha value is -3.09. The summed E-state index contributed by atoms with van der Waals surface area (Å²) < 4.78 is 14.8. The summed E-state index contributed by atoms with van der Waals surface area (Å²) in [6.07, 6.45) is 0. The molecule has 1 N–H and O–H groups in total. The van der Waals surface area contributed by atoms with Gasteiger partial charge in [-0.1, -0.05) is 12.1 Å². The van der Waals surface area contributed by atoms with Crippen LogP contribution in [0.3, 0.4) is 0 Å². The predicted molar refractivity (Wildman–Crippen MR) is 80.5 cm³/mol. The minimum Gasteiger partial charge on any atom is -0.337 e. The van der Waals surface area contributed by atoms with E-state index in [0.717, 1.165) is 22.3 Å². The van der Waals surface area contributed by atoms with Crippen molar-refractivity contribution in [1.29, 1.82) is 0 Å². The Morgan fingerprint density at radius 2 is 2.00 bits per heavy atom. The second-order valence-corrected chi connectivity index (χ2v) is 4.95. The van der Waals surface area contributed by atoms with Crippen molar-refractivity contribution in [3.63, 3.8) is 0 Å². The number of aryl methyl sites for hydroxylation is 1. The number of rotatable bonds is 2. The van der Waals surface area contributed by atoms with E-state index in [4.69, 9.17) is 0 Å². The van der Waals surface area contributed by atoms with Crippen molar-refractivity contribution >= 4 is 28.2 Å². The maximum Gasteiger partial charge on any atom is 0.222 e. The molecule has 0 saturated carbocycles. The van der Waals surface area contributed by atoms with Crippen LogP contribution in [-0.4, -0.2) is 25.0 Å². The van der Waals surface area contributed by atoms with Gasteiger partial charge in [0.15, 0.2) is 5.82 Å². The number of fused-ring (bicyclic) bond motifs is 3. The minimum absolute atomic E-state index is 0.274. The van der Waals surface area contributed by atoms with Crippen molar-refractivity contribution in [2.24, 2.45) is 0 Å². The van der Waals surface area contributed by atoms with Gasteiger partial charge >= 0.3 is 0 Å². The molecule has 0 fully saturated rings. The van der Waals surface area contributed by atoms with Crippen LogP contribution < -0.4 is 5.32 Å². The summed E-state index contributed by atoms with van der Waals surface area (Å²) in [5, 5.41) is 14.9. The van der Waals surface area contributed by atoms with E-state index < -0.39 is 0 Å². The molecule has 0 atom stereocenters. The predicted octanol–water partition coefficient (Wildman–Crippen LogP) is 2.86. The molecule has 0 spiro atoms. The van der Waals surface area contributed by atoms with Crippen molar-refractivity contribution in [1.82, 2.24) is 25.0 Å². The van der Waals surface area contributed by atoms with Crippen LogP contribution in [-0.2, 0) is 0 Å². The molecule has 0 aliphatic rings. The number of hydrogen-bond donors (Lipinski definition) is 1. The lowest BCUT2D eigenvalue weighted by Gasteiger charge is -2.10. The molecule has 22 heavy (non-hydrogen) atoms. The van der Waals surface area contributed by atoms with Gasteiger partial charge in [-0.15, -0.1) is 5.10 Å². The fourth-order valence-corrected chi connectivity index (χ4v) is 2.38. The molecule has 4 aromatic rings. The normalized spacial score (nSPS) is 11.2. The van der Waals surface area contributed by atoms with Crippen LogP contribution in [0.1, 0.15) is 5.56 Å². The second-order valence-electron chi connectivity index (χ2n) is 4.95. The van der Waals surface area contributed by atoms with Gasteiger partial charge in [0.05, 0.1) is 11.0 Å². The third kappa shape index (κ3) is 1.95. The molecule has 108 valence electrons. The lowest BCUT2D eigenvalue weighted by Crippen LogP contribution is -2.02. The summed E-state index contributed by atoms with van der Waals surface area (Å²) in [5.41, 5.74) is 3.64. The van der Waals surface area contributed by atoms with Crippen LogP contribution in [0.5, 0.6) is 0 Å². The molecular formula is C15H11FN6. The number of para-hydroxylation sites is 2. The van der Waals surface area contributed by atoms with Gasteiger partial charge in [-0.2, -0.15) is 4.52 Å². The van der Waals surface area contributed by atoms with Gasteiger partial charge in [0.25, 0.3) is 0 Å². The molecule has 0 saturated heterocycles. The third-order valence-electron chi connectivity index (χ3n) is 3.47. The number of aromatic nitrogens is 5. The van der Waals surface area contributed by atoms with Gasteiger partial charge in [0.2, 0.25) is 5.65 Å².